The summed E-state index contributed by atoms with van der Waals surface area (Å²) in [6, 6.07) is 10.6. The molecule has 0 spiro atoms. The molecule has 0 N–H and O–H groups in total. The first-order valence-electron chi connectivity index (χ1n) is 5.83. The number of hydrogen-bond donors (Lipinski definition) is 0. The maximum atomic E-state index is 13.1. The standard InChI is InChI=1S/C15H8F2N2O2/c16-14-6-1-10(8-15(14)17)7-12(9-18)11-2-4-13(5-3-11)19(20)21/h1-8H/b12-7-. The van der Waals surface area contributed by atoms with Gasteiger partial charge in [0.15, 0.2) is 11.6 Å². The highest BCUT2D eigenvalue weighted by Crippen LogP contribution is 2.21. The Kier molecular flexibility index (Phi) is 4.05. The molecule has 0 heterocycles. The van der Waals surface area contributed by atoms with Crippen molar-refractivity contribution in [2.75, 3.05) is 0 Å². The van der Waals surface area contributed by atoms with Crippen LogP contribution in [0.25, 0.3) is 11.6 Å². The van der Waals surface area contributed by atoms with Gasteiger partial charge in [-0.1, -0.05) is 6.07 Å². The first-order valence-corrected chi connectivity index (χ1v) is 5.83. The largest absolute Gasteiger partial charge is 0.269 e. The van der Waals surface area contributed by atoms with Crippen molar-refractivity contribution in [1.82, 2.24) is 0 Å². The van der Waals surface area contributed by atoms with Crippen molar-refractivity contribution in [3.05, 3.63) is 75.3 Å². The van der Waals surface area contributed by atoms with Gasteiger partial charge in [0.05, 0.1) is 16.6 Å². The number of nitro benzene ring substituents is 1. The van der Waals surface area contributed by atoms with E-state index in [4.69, 9.17) is 5.26 Å². The van der Waals surface area contributed by atoms with E-state index in [1.165, 1.54) is 36.4 Å². The van der Waals surface area contributed by atoms with Gasteiger partial charge in [-0.15, -0.1) is 0 Å². The van der Waals surface area contributed by atoms with Crippen LogP contribution in [0.3, 0.4) is 0 Å². The van der Waals surface area contributed by atoms with E-state index in [0.717, 1.165) is 12.1 Å². The normalized spacial score (nSPS) is 11.0. The number of rotatable bonds is 3. The molecule has 0 bridgehead atoms. The number of nitrogens with zero attached hydrogens (tertiary/aromatic N) is 2. The lowest BCUT2D eigenvalue weighted by Crippen LogP contribution is -1.89. The van der Waals surface area contributed by atoms with E-state index in [1.54, 1.807) is 0 Å². The van der Waals surface area contributed by atoms with Crippen LogP contribution in [0.15, 0.2) is 42.5 Å². The molecule has 0 aromatic heterocycles. The second kappa shape index (κ2) is 5.92. The van der Waals surface area contributed by atoms with Crippen molar-refractivity contribution in [1.29, 1.82) is 5.26 Å². The molecule has 0 amide bonds. The number of nitro groups is 1. The first-order chi connectivity index (χ1) is 10.0. The summed E-state index contributed by atoms with van der Waals surface area (Å²) in [7, 11) is 0. The van der Waals surface area contributed by atoms with Gasteiger partial charge in [0.25, 0.3) is 5.69 Å². The number of benzene rings is 2. The zero-order valence-electron chi connectivity index (χ0n) is 10.6. The third-order valence-corrected chi connectivity index (χ3v) is 2.76. The van der Waals surface area contributed by atoms with Crippen LogP contribution in [0.4, 0.5) is 14.5 Å². The number of halogens is 2. The summed E-state index contributed by atoms with van der Waals surface area (Å²) in [4.78, 5) is 10.0. The van der Waals surface area contributed by atoms with Gasteiger partial charge >= 0.3 is 0 Å². The van der Waals surface area contributed by atoms with Crippen molar-refractivity contribution in [2.45, 2.75) is 0 Å². The van der Waals surface area contributed by atoms with E-state index >= 15 is 0 Å². The fourth-order valence-electron chi connectivity index (χ4n) is 1.71. The maximum Gasteiger partial charge on any atom is 0.269 e. The highest BCUT2D eigenvalue weighted by molar-refractivity contribution is 5.89. The Morgan fingerprint density at radius 1 is 1.14 bits per heavy atom. The molecule has 21 heavy (non-hydrogen) atoms. The summed E-state index contributed by atoms with van der Waals surface area (Å²) in [5, 5.41) is 19.7. The van der Waals surface area contributed by atoms with Gasteiger partial charge in [-0.2, -0.15) is 5.26 Å². The van der Waals surface area contributed by atoms with Crippen LogP contribution in [-0.4, -0.2) is 4.92 Å². The van der Waals surface area contributed by atoms with Crippen molar-refractivity contribution in [2.24, 2.45) is 0 Å². The molecule has 0 aliphatic rings. The molecule has 0 fully saturated rings. The summed E-state index contributed by atoms with van der Waals surface area (Å²) in [6.45, 7) is 0. The highest BCUT2D eigenvalue weighted by atomic mass is 19.2. The van der Waals surface area contributed by atoms with E-state index < -0.39 is 16.6 Å². The fourth-order valence-corrected chi connectivity index (χ4v) is 1.71. The third kappa shape index (κ3) is 3.28. The fraction of sp³-hybridized carbons (Fsp3) is 0. The Bertz CT molecular complexity index is 762. The summed E-state index contributed by atoms with van der Waals surface area (Å²) in [5.74, 6) is -1.98. The van der Waals surface area contributed by atoms with Gasteiger partial charge < -0.3 is 0 Å². The zero-order chi connectivity index (χ0) is 15.4. The Balaban J connectivity index is 2.39. The molecule has 0 saturated heterocycles. The first kappa shape index (κ1) is 14.3. The molecule has 0 saturated carbocycles. The van der Waals surface area contributed by atoms with Gasteiger partial charge in [-0.05, 0) is 41.5 Å². The van der Waals surface area contributed by atoms with Crippen LogP contribution in [0.5, 0.6) is 0 Å². The van der Waals surface area contributed by atoms with Crippen LogP contribution in [0.2, 0.25) is 0 Å². The Hall–Kier alpha value is -3.07. The smallest absolute Gasteiger partial charge is 0.258 e. The van der Waals surface area contributed by atoms with Crippen molar-refractivity contribution < 1.29 is 13.7 Å². The Labute approximate surface area is 118 Å². The lowest BCUT2D eigenvalue weighted by atomic mass is 10.0. The summed E-state index contributed by atoms with van der Waals surface area (Å²) in [5.41, 5.74) is 0.872. The van der Waals surface area contributed by atoms with E-state index in [1.807, 2.05) is 6.07 Å². The van der Waals surface area contributed by atoms with Crippen molar-refractivity contribution in [3.8, 4) is 6.07 Å². The van der Waals surface area contributed by atoms with Gasteiger partial charge in [0.2, 0.25) is 0 Å². The number of nitriles is 1. The van der Waals surface area contributed by atoms with Crippen LogP contribution in [0.1, 0.15) is 11.1 Å². The molecule has 0 radical (unpaired) electrons. The van der Waals surface area contributed by atoms with Gasteiger partial charge in [-0.25, -0.2) is 8.78 Å². The van der Waals surface area contributed by atoms with Crippen molar-refractivity contribution in [3.63, 3.8) is 0 Å². The van der Waals surface area contributed by atoms with E-state index in [0.29, 0.717) is 11.1 Å². The number of allylic oxidation sites excluding steroid dienone is 1. The Morgan fingerprint density at radius 3 is 2.33 bits per heavy atom. The molecule has 104 valence electrons. The number of non-ortho nitro benzene ring substituents is 1. The van der Waals surface area contributed by atoms with E-state index in [-0.39, 0.29) is 11.3 Å². The molecule has 0 aliphatic carbocycles. The molecule has 2 aromatic rings. The maximum absolute atomic E-state index is 13.1. The van der Waals surface area contributed by atoms with Crippen LogP contribution >= 0.6 is 0 Å². The molecule has 6 heteroatoms. The second-order valence-corrected chi connectivity index (χ2v) is 4.15. The highest BCUT2D eigenvalue weighted by Gasteiger charge is 2.07. The SMILES string of the molecule is N#C/C(=C/c1ccc(F)c(F)c1)c1ccc([N+](=O)[O-])cc1. The minimum Gasteiger partial charge on any atom is -0.258 e. The molecule has 0 aliphatic heterocycles. The quantitative estimate of drug-likeness (QED) is 0.371. The van der Waals surface area contributed by atoms with Crippen LogP contribution in [-0.2, 0) is 0 Å². The van der Waals surface area contributed by atoms with Gasteiger partial charge in [-0.3, -0.25) is 10.1 Å². The molecular weight excluding hydrogens is 278 g/mol. The summed E-state index contributed by atoms with van der Waals surface area (Å²) in [6.07, 6.45) is 1.38. The predicted molar refractivity (Wildman–Crippen MR) is 72.9 cm³/mol. The Morgan fingerprint density at radius 2 is 1.81 bits per heavy atom. The summed E-state index contributed by atoms with van der Waals surface area (Å²) < 4.78 is 26.0. The van der Waals surface area contributed by atoms with Crippen molar-refractivity contribution >= 4 is 17.3 Å². The molecule has 0 unspecified atom stereocenters. The minimum absolute atomic E-state index is 0.0936. The molecule has 4 nitrogen and oxygen atoms in total. The predicted octanol–water partition coefficient (Wildman–Crippen LogP) is 3.94. The van der Waals surface area contributed by atoms with E-state index in [2.05, 4.69) is 0 Å². The lowest BCUT2D eigenvalue weighted by Gasteiger charge is -2.00. The topological polar surface area (TPSA) is 66.9 Å². The van der Waals surface area contributed by atoms with Gasteiger partial charge in [0, 0.05) is 12.1 Å². The molecule has 2 rings (SSSR count). The zero-order valence-corrected chi connectivity index (χ0v) is 10.6. The minimum atomic E-state index is -1.01. The molecular formula is C15H8F2N2O2. The monoisotopic (exact) mass is 286 g/mol. The van der Waals surface area contributed by atoms with E-state index in [9.17, 15) is 18.9 Å². The van der Waals surface area contributed by atoms with Crippen LogP contribution < -0.4 is 0 Å². The van der Waals surface area contributed by atoms with Crippen LogP contribution in [0, 0.1) is 33.1 Å². The third-order valence-electron chi connectivity index (χ3n) is 2.76. The average Bonchev–Trinajstić information content (AvgIpc) is 2.48. The second-order valence-electron chi connectivity index (χ2n) is 4.15. The summed E-state index contributed by atoms with van der Waals surface area (Å²) >= 11 is 0. The number of hydrogen-bond acceptors (Lipinski definition) is 3. The lowest BCUT2D eigenvalue weighted by molar-refractivity contribution is -0.384. The van der Waals surface area contributed by atoms with Gasteiger partial charge in [0.1, 0.15) is 0 Å². The average molecular weight is 286 g/mol. The molecule has 2 aromatic carbocycles. The molecule has 0 atom stereocenters.